The van der Waals surface area contributed by atoms with E-state index in [0.717, 1.165) is 19.5 Å². The topological polar surface area (TPSA) is 59.6 Å². The lowest BCUT2D eigenvalue weighted by Crippen LogP contribution is -2.32. The van der Waals surface area contributed by atoms with Crippen LogP contribution in [0.15, 0.2) is 18.2 Å². The number of hydrogen-bond donors (Lipinski definition) is 2. The number of nitrogens with one attached hydrogen (secondary N) is 2. The number of hydrogen-bond acceptors (Lipinski definition) is 4. The van der Waals surface area contributed by atoms with Gasteiger partial charge < -0.3 is 20.1 Å². The largest absolute Gasteiger partial charge is 0.486 e. The van der Waals surface area contributed by atoms with Gasteiger partial charge in [-0.3, -0.25) is 4.79 Å². The molecule has 0 aromatic heterocycles. The van der Waals surface area contributed by atoms with E-state index >= 15 is 0 Å². The first kappa shape index (κ1) is 16.6. The maximum absolute atomic E-state index is 12.1. The van der Waals surface area contributed by atoms with Crippen molar-refractivity contribution >= 4 is 18.3 Å². The van der Waals surface area contributed by atoms with Crippen molar-refractivity contribution in [3.8, 4) is 11.5 Å². The van der Waals surface area contributed by atoms with Crippen LogP contribution in [0.4, 0.5) is 0 Å². The maximum atomic E-state index is 12.1. The van der Waals surface area contributed by atoms with Crippen LogP contribution < -0.4 is 20.1 Å². The number of carbonyl (C=O) groups is 1. The van der Waals surface area contributed by atoms with Crippen LogP contribution in [0.25, 0.3) is 0 Å². The van der Waals surface area contributed by atoms with Crippen LogP contribution in [0.2, 0.25) is 0 Å². The van der Waals surface area contributed by atoms with Crippen molar-refractivity contribution in [2.45, 2.75) is 13.3 Å². The molecule has 1 heterocycles. The van der Waals surface area contributed by atoms with Gasteiger partial charge in [-0.1, -0.05) is 13.0 Å². The van der Waals surface area contributed by atoms with Crippen LogP contribution in [-0.2, 0) is 0 Å². The Balaban J connectivity index is 0.00000200. The molecule has 5 nitrogen and oxygen atoms in total. The molecule has 0 unspecified atom stereocenters. The lowest BCUT2D eigenvalue weighted by Gasteiger charge is -2.20. The standard InChI is InChI=1S/C14H20N2O3.ClH/c1-2-6-15-7-8-16-14(17)11-4-3-5-12-13(11)19-10-9-18-12;/h3-5,15H,2,6-10H2,1H3,(H,16,17);1H. The highest BCUT2D eigenvalue weighted by molar-refractivity contribution is 5.97. The molecule has 2 N–H and O–H groups in total. The van der Waals surface area contributed by atoms with Crippen LogP contribution in [0, 0.1) is 0 Å². The van der Waals surface area contributed by atoms with E-state index in [1.54, 1.807) is 12.1 Å². The summed E-state index contributed by atoms with van der Waals surface area (Å²) in [6.07, 6.45) is 1.09. The molecule has 0 saturated carbocycles. The van der Waals surface area contributed by atoms with E-state index in [4.69, 9.17) is 9.47 Å². The minimum atomic E-state index is -0.124. The molecule has 0 aliphatic carbocycles. The fourth-order valence-corrected chi connectivity index (χ4v) is 1.91. The van der Waals surface area contributed by atoms with Gasteiger partial charge in [-0.15, -0.1) is 12.4 Å². The van der Waals surface area contributed by atoms with Crippen molar-refractivity contribution in [3.05, 3.63) is 23.8 Å². The fraction of sp³-hybridized carbons (Fsp3) is 0.500. The molecular formula is C14H21ClN2O3. The third kappa shape index (κ3) is 4.28. The van der Waals surface area contributed by atoms with Gasteiger partial charge in [0.25, 0.3) is 5.91 Å². The van der Waals surface area contributed by atoms with Crippen LogP contribution in [-0.4, -0.2) is 38.8 Å². The van der Waals surface area contributed by atoms with Gasteiger partial charge in [0.1, 0.15) is 13.2 Å². The molecule has 1 amide bonds. The first-order chi connectivity index (χ1) is 9.33. The number of rotatable bonds is 6. The molecule has 0 radical (unpaired) electrons. The van der Waals surface area contributed by atoms with E-state index in [2.05, 4.69) is 17.6 Å². The lowest BCUT2D eigenvalue weighted by molar-refractivity contribution is 0.0943. The van der Waals surface area contributed by atoms with Gasteiger partial charge in [-0.2, -0.15) is 0 Å². The quantitative estimate of drug-likeness (QED) is 0.784. The molecule has 0 fully saturated rings. The first-order valence-corrected chi connectivity index (χ1v) is 6.70. The summed E-state index contributed by atoms with van der Waals surface area (Å²) >= 11 is 0. The minimum absolute atomic E-state index is 0. The summed E-state index contributed by atoms with van der Waals surface area (Å²) in [6, 6.07) is 5.37. The molecule has 0 spiro atoms. The zero-order chi connectivity index (χ0) is 13.5. The molecular weight excluding hydrogens is 280 g/mol. The van der Waals surface area contributed by atoms with Gasteiger partial charge in [0.15, 0.2) is 11.5 Å². The molecule has 0 saturated heterocycles. The summed E-state index contributed by atoms with van der Waals surface area (Å²) in [5.74, 6) is 1.07. The number of para-hydroxylation sites is 1. The fourth-order valence-electron chi connectivity index (χ4n) is 1.91. The average molecular weight is 301 g/mol. The van der Waals surface area contributed by atoms with Gasteiger partial charge >= 0.3 is 0 Å². The number of amides is 1. The smallest absolute Gasteiger partial charge is 0.255 e. The van der Waals surface area contributed by atoms with Crippen LogP contribution >= 0.6 is 12.4 Å². The molecule has 20 heavy (non-hydrogen) atoms. The van der Waals surface area contributed by atoms with Crippen molar-refractivity contribution in [1.82, 2.24) is 10.6 Å². The van der Waals surface area contributed by atoms with Gasteiger partial charge in [-0.05, 0) is 25.1 Å². The predicted octanol–water partition coefficient (Wildman–Crippen LogP) is 1.61. The lowest BCUT2D eigenvalue weighted by atomic mass is 10.1. The Bertz CT molecular complexity index is 440. The van der Waals surface area contributed by atoms with Gasteiger partial charge in [0.2, 0.25) is 0 Å². The zero-order valence-electron chi connectivity index (χ0n) is 11.6. The highest BCUT2D eigenvalue weighted by Crippen LogP contribution is 2.33. The van der Waals surface area contributed by atoms with Crippen LogP contribution in [0.5, 0.6) is 11.5 Å². The number of halogens is 1. The summed E-state index contributed by atoms with van der Waals surface area (Å²) in [6.45, 7) is 5.45. The Morgan fingerprint density at radius 3 is 2.80 bits per heavy atom. The molecule has 112 valence electrons. The Morgan fingerprint density at radius 2 is 2.00 bits per heavy atom. The van der Waals surface area contributed by atoms with E-state index in [0.29, 0.717) is 36.8 Å². The molecule has 0 atom stereocenters. The first-order valence-electron chi connectivity index (χ1n) is 6.70. The van der Waals surface area contributed by atoms with Crippen molar-refractivity contribution in [3.63, 3.8) is 0 Å². The maximum Gasteiger partial charge on any atom is 0.255 e. The number of benzene rings is 1. The molecule has 1 aliphatic rings. The Labute approximate surface area is 125 Å². The Hall–Kier alpha value is -1.46. The highest BCUT2D eigenvalue weighted by Gasteiger charge is 2.19. The van der Waals surface area contributed by atoms with E-state index < -0.39 is 0 Å². The van der Waals surface area contributed by atoms with Gasteiger partial charge in [0, 0.05) is 13.1 Å². The second-order valence-electron chi connectivity index (χ2n) is 4.34. The second-order valence-corrected chi connectivity index (χ2v) is 4.34. The SMILES string of the molecule is CCCNCCNC(=O)c1cccc2c1OCCO2.Cl. The normalized spacial score (nSPS) is 12.4. The van der Waals surface area contributed by atoms with Gasteiger partial charge in [-0.25, -0.2) is 0 Å². The summed E-state index contributed by atoms with van der Waals surface area (Å²) < 4.78 is 11.0. The molecule has 2 rings (SSSR count). The second kappa shape index (κ2) is 8.66. The summed E-state index contributed by atoms with van der Waals surface area (Å²) in [5, 5.41) is 6.10. The molecule has 6 heteroatoms. The number of fused-ring (bicyclic) bond motifs is 1. The van der Waals surface area contributed by atoms with Crippen LogP contribution in [0.3, 0.4) is 0 Å². The van der Waals surface area contributed by atoms with E-state index in [9.17, 15) is 4.79 Å². The average Bonchev–Trinajstić information content (AvgIpc) is 2.46. The molecule has 0 bridgehead atoms. The molecule has 1 aromatic carbocycles. The van der Waals surface area contributed by atoms with E-state index in [-0.39, 0.29) is 18.3 Å². The minimum Gasteiger partial charge on any atom is -0.486 e. The number of carbonyl (C=O) groups excluding carboxylic acids is 1. The van der Waals surface area contributed by atoms with Gasteiger partial charge in [0.05, 0.1) is 5.56 Å². The van der Waals surface area contributed by atoms with E-state index in [1.807, 2.05) is 6.07 Å². The third-order valence-corrected chi connectivity index (χ3v) is 2.82. The molecule has 1 aliphatic heterocycles. The van der Waals surface area contributed by atoms with Crippen LogP contribution in [0.1, 0.15) is 23.7 Å². The summed E-state index contributed by atoms with van der Waals surface area (Å²) in [4.78, 5) is 12.1. The van der Waals surface area contributed by atoms with Crippen molar-refractivity contribution in [2.24, 2.45) is 0 Å². The molecule has 1 aromatic rings. The monoisotopic (exact) mass is 300 g/mol. The summed E-state index contributed by atoms with van der Waals surface area (Å²) in [7, 11) is 0. The Kier molecular flexibility index (Phi) is 7.18. The van der Waals surface area contributed by atoms with Crippen molar-refractivity contribution < 1.29 is 14.3 Å². The zero-order valence-corrected chi connectivity index (χ0v) is 12.4. The van der Waals surface area contributed by atoms with Crippen molar-refractivity contribution in [1.29, 1.82) is 0 Å². The summed E-state index contributed by atoms with van der Waals surface area (Å²) in [5.41, 5.74) is 0.535. The van der Waals surface area contributed by atoms with Crippen molar-refractivity contribution in [2.75, 3.05) is 32.8 Å². The highest BCUT2D eigenvalue weighted by atomic mass is 35.5. The number of ether oxygens (including phenoxy) is 2. The predicted molar refractivity (Wildman–Crippen MR) is 80.2 cm³/mol. The third-order valence-electron chi connectivity index (χ3n) is 2.82. The Morgan fingerprint density at radius 1 is 1.20 bits per heavy atom. The van der Waals surface area contributed by atoms with E-state index in [1.165, 1.54) is 0 Å².